The lowest BCUT2D eigenvalue weighted by atomic mass is 9.98. The number of hydrogen-bond donors (Lipinski definition) is 1. The molecule has 0 radical (unpaired) electrons. The van der Waals surface area contributed by atoms with Gasteiger partial charge in [0.05, 0.1) is 0 Å². The second kappa shape index (κ2) is 6.86. The fraction of sp³-hybridized carbons (Fsp3) is 0.533. The second-order valence-electron chi connectivity index (χ2n) is 5.71. The van der Waals surface area contributed by atoms with Crippen LogP contribution < -0.4 is 10.5 Å². The highest BCUT2D eigenvalue weighted by Crippen LogP contribution is 2.37. The molecule has 21 heavy (non-hydrogen) atoms. The molecular weight excluding hydrogens is 311 g/mol. The Balaban J connectivity index is 0.00000161. The molecule has 0 spiro atoms. The Morgan fingerprint density at radius 3 is 2.90 bits per heavy atom. The molecule has 0 aromatic heterocycles. The normalized spacial score (nSPS) is 27.1. The van der Waals surface area contributed by atoms with E-state index in [-0.39, 0.29) is 31.0 Å². The molecule has 1 heterocycles. The fourth-order valence-corrected chi connectivity index (χ4v) is 3.48. The summed E-state index contributed by atoms with van der Waals surface area (Å²) in [6, 6.07) is 7.35. The number of halogens is 2. The number of likely N-dealkylation sites (tertiary alicyclic amines) is 1. The summed E-state index contributed by atoms with van der Waals surface area (Å²) in [5.41, 5.74) is 6.08. The Morgan fingerprint density at radius 2 is 2.19 bits per heavy atom. The Bertz CT molecular complexity index is 512. The molecule has 0 bridgehead atoms. The predicted octanol–water partition coefficient (Wildman–Crippen LogP) is 2.34. The number of nitrogens with zero attached hydrogens (tertiary/aromatic N) is 1. The lowest BCUT2D eigenvalue weighted by molar-refractivity contribution is -0.132. The van der Waals surface area contributed by atoms with Gasteiger partial charge in [0.2, 0.25) is 0 Å². The number of hydrogen-bond acceptors (Lipinski definition) is 3. The lowest BCUT2D eigenvalue weighted by Gasteiger charge is -2.19. The average molecular weight is 331 g/mol. The van der Waals surface area contributed by atoms with Crippen molar-refractivity contribution in [3.05, 3.63) is 29.3 Å². The van der Waals surface area contributed by atoms with Crippen molar-refractivity contribution in [1.29, 1.82) is 0 Å². The average Bonchev–Trinajstić information content (AvgIpc) is 2.99. The van der Waals surface area contributed by atoms with Crippen molar-refractivity contribution in [3.8, 4) is 5.75 Å². The maximum absolute atomic E-state index is 12.2. The van der Waals surface area contributed by atoms with Crippen LogP contribution in [-0.2, 0) is 4.79 Å². The Labute approximate surface area is 136 Å². The highest BCUT2D eigenvalue weighted by molar-refractivity contribution is 6.30. The van der Waals surface area contributed by atoms with Gasteiger partial charge in [-0.05, 0) is 42.9 Å². The molecule has 1 saturated heterocycles. The first-order valence-corrected chi connectivity index (χ1v) is 7.43. The molecule has 1 saturated carbocycles. The molecule has 6 heteroatoms. The summed E-state index contributed by atoms with van der Waals surface area (Å²) < 4.78 is 5.50. The SMILES string of the molecule is Cl.NC1CCC2CN(C(=O)COc3cccc(Cl)c3)CC12. The Morgan fingerprint density at radius 1 is 1.38 bits per heavy atom. The molecule has 1 aromatic carbocycles. The van der Waals surface area contributed by atoms with Gasteiger partial charge in [0.15, 0.2) is 6.61 Å². The number of benzene rings is 1. The van der Waals surface area contributed by atoms with E-state index in [0.29, 0.717) is 22.6 Å². The third-order valence-corrected chi connectivity index (χ3v) is 4.66. The van der Waals surface area contributed by atoms with Crippen molar-refractivity contribution in [3.63, 3.8) is 0 Å². The predicted molar refractivity (Wildman–Crippen MR) is 85.0 cm³/mol. The Kier molecular flexibility index (Phi) is 5.36. The molecule has 3 rings (SSSR count). The first kappa shape index (κ1) is 16.4. The van der Waals surface area contributed by atoms with Gasteiger partial charge in [0.1, 0.15) is 5.75 Å². The molecule has 2 aliphatic rings. The van der Waals surface area contributed by atoms with Crippen LogP contribution in [0.5, 0.6) is 5.75 Å². The van der Waals surface area contributed by atoms with Crippen molar-refractivity contribution in [2.24, 2.45) is 17.6 Å². The van der Waals surface area contributed by atoms with Gasteiger partial charge < -0.3 is 15.4 Å². The smallest absolute Gasteiger partial charge is 0.260 e. The summed E-state index contributed by atoms with van der Waals surface area (Å²) in [6.07, 6.45) is 2.24. The third kappa shape index (κ3) is 3.62. The number of ether oxygens (including phenoxy) is 1. The second-order valence-corrected chi connectivity index (χ2v) is 6.15. The number of fused-ring (bicyclic) bond motifs is 1. The number of carbonyl (C=O) groups excluding carboxylic acids is 1. The molecular formula is C15H20Cl2N2O2. The van der Waals surface area contributed by atoms with Gasteiger partial charge in [-0.1, -0.05) is 17.7 Å². The van der Waals surface area contributed by atoms with Crippen molar-refractivity contribution in [2.75, 3.05) is 19.7 Å². The number of rotatable bonds is 3. The first-order valence-electron chi connectivity index (χ1n) is 7.05. The zero-order chi connectivity index (χ0) is 14.1. The minimum atomic E-state index is 0. The van der Waals surface area contributed by atoms with E-state index < -0.39 is 0 Å². The molecule has 1 aliphatic heterocycles. The fourth-order valence-electron chi connectivity index (χ4n) is 3.30. The van der Waals surface area contributed by atoms with E-state index in [4.69, 9.17) is 22.1 Å². The van der Waals surface area contributed by atoms with Crippen LogP contribution in [0, 0.1) is 11.8 Å². The minimum absolute atomic E-state index is 0. The molecule has 2 N–H and O–H groups in total. The molecule has 3 atom stereocenters. The molecule has 2 fully saturated rings. The Hall–Kier alpha value is -0.970. The monoisotopic (exact) mass is 330 g/mol. The quantitative estimate of drug-likeness (QED) is 0.925. The number of amides is 1. The third-order valence-electron chi connectivity index (χ3n) is 4.42. The lowest BCUT2D eigenvalue weighted by Crippen LogP contribution is -2.36. The molecule has 1 aromatic rings. The molecule has 3 unspecified atom stereocenters. The maximum Gasteiger partial charge on any atom is 0.260 e. The van der Waals surface area contributed by atoms with E-state index in [0.717, 1.165) is 25.9 Å². The summed E-state index contributed by atoms with van der Waals surface area (Å²) >= 11 is 5.88. The van der Waals surface area contributed by atoms with E-state index >= 15 is 0 Å². The van der Waals surface area contributed by atoms with E-state index in [9.17, 15) is 4.79 Å². The largest absolute Gasteiger partial charge is 0.484 e. The topological polar surface area (TPSA) is 55.6 Å². The van der Waals surface area contributed by atoms with Gasteiger partial charge in [-0.2, -0.15) is 0 Å². The maximum atomic E-state index is 12.2. The highest BCUT2D eigenvalue weighted by atomic mass is 35.5. The molecule has 4 nitrogen and oxygen atoms in total. The van der Waals surface area contributed by atoms with Crippen LogP contribution >= 0.6 is 24.0 Å². The molecule has 116 valence electrons. The van der Waals surface area contributed by atoms with Crippen molar-refractivity contribution < 1.29 is 9.53 Å². The van der Waals surface area contributed by atoms with E-state index in [1.165, 1.54) is 0 Å². The van der Waals surface area contributed by atoms with E-state index in [1.807, 2.05) is 4.90 Å². The van der Waals surface area contributed by atoms with Crippen LogP contribution in [0.3, 0.4) is 0 Å². The zero-order valence-electron chi connectivity index (χ0n) is 11.7. The number of nitrogens with two attached hydrogens (primary N) is 1. The first-order chi connectivity index (χ1) is 9.63. The van der Waals surface area contributed by atoms with Crippen LogP contribution in [0.4, 0.5) is 0 Å². The summed E-state index contributed by atoms with van der Waals surface area (Å²) in [4.78, 5) is 14.1. The molecule has 1 amide bonds. The van der Waals surface area contributed by atoms with E-state index in [2.05, 4.69) is 0 Å². The van der Waals surface area contributed by atoms with Crippen molar-refractivity contribution in [1.82, 2.24) is 4.90 Å². The van der Waals surface area contributed by atoms with Gasteiger partial charge in [-0.15, -0.1) is 12.4 Å². The van der Waals surface area contributed by atoms with Gasteiger partial charge >= 0.3 is 0 Å². The highest BCUT2D eigenvalue weighted by Gasteiger charge is 2.42. The standard InChI is InChI=1S/C15H19ClN2O2.ClH/c16-11-2-1-3-12(6-11)20-9-15(19)18-7-10-4-5-14(17)13(10)8-18;/h1-3,6,10,13-14H,4-5,7-9,17H2;1H. The zero-order valence-corrected chi connectivity index (χ0v) is 13.3. The van der Waals surface area contributed by atoms with Gasteiger partial charge in [-0.3, -0.25) is 4.79 Å². The van der Waals surface area contributed by atoms with Crippen molar-refractivity contribution in [2.45, 2.75) is 18.9 Å². The summed E-state index contributed by atoms with van der Waals surface area (Å²) in [5, 5.41) is 0.608. The van der Waals surface area contributed by atoms with Crippen LogP contribution in [0.15, 0.2) is 24.3 Å². The summed E-state index contributed by atoms with van der Waals surface area (Å²) in [7, 11) is 0. The molecule has 1 aliphatic carbocycles. The van der Waals surface area contributed by atoms with Crippen LogP contribution in [0.2, 0.25) is 5.02 Å². The van der Waals surface area contributed by atoms with Crippen molar-refractivity contribution >= 4 is 29.9 Å². The van der Waals surface area contributed by atoms with Crippen LogP contribution in [0.25, 0.3) is 0 Å². The summed E-state index contributed by atoms with van der Waals surface area (Å²) in [5.74, 6) is 1.72. The van der Waals surface area contributed by atoms with Crippen LogP contribution in [0.1, 0.15) is 12.8 Å². The minimum Gasteiger partial charge on any atom is -0.484 e. The van der Waals surface area contributed by atoms with E-state index in [1.54, 1.807) is 24.3 Å². The van der Waals surface area contributed by atoms with Gasteiger partial charge in [0, 0.05) is 24.2 Å². The van der Waals surface area contributed by atoms with Gasteiger partial charge in [0.25, 0.3) is 5.91 Å². The number of carbonyl (C=O) groups is 1. The van der Waals surface area contributed by atoms with Crippen LogP contribution in [-0.4, -0.2) is 36.5 Å². The summed E-state index contributed by atoms with van der Waals surface area (Å²) in [6.45, 7) is 1.68. The van der Waals surface area contributed by atoms with Gasteiger partial charge in [-0.25, -0.2) is 0 Å².